The van der Waals surface area contributed by atoms with Gasteiger partial charge in [-0.25, -0.2) is 4.98 Å². The Balaban J connectivity index is 2.29. The molecule has 0 unspecified atom stereocenters. The molecular weight excluding hydrogens is 260 g/mol. The van der Waals surface area contributed by atoms with Gasteiger partial charge < -0.3 is 4.74 Å². The molecule has 0 aliphatic rings. The van der Waals surface area contributed by atoms with Gasteiger partial charge in [0.05, 0.1) is 6.61 Å². The second-order valence-electron chi connectivity index (χ2n) is 5.16. The number of unbranched alkanes of at least 4 members (excludes halogenated alkanes) is 5. The lowest BCUT2D eigenvalue weighted by molar-refractivity contribution is 0.291. The molecule has 0 aliphatic carbocycles. The number of nitrogens with zero attached hydrogens (tertiary/aromatic N) is 2. The van der Waals surface area contributed by atoms with Crippen molar-refractivity contribution >= 4 is 11.6 Å². The predicted octanol–water partition coefficient (Wildman–Crippen LogP) is 4.99. The Kier molecular flexibility index (Phi) is 7.80. The minimum absolute atomic E-state index is 0.259. The zero-order valence-electron chi connectivity index (χ0n) is 12.3. The Bertz CT molecular complexity index is 369. The highest BCUT2D eigenvalue weighted by Gasteiger charge is 2.07. The van der Waals surface area contributed by atoms with E-state index in [-0.39, 0.29) is 5.92 Å². The van der Waals surface area contributed by atoms with Gasteiger partial charge in [-0.15, -0.1) is 0 Å². The highest BCUT2D eigenvalue weighted by atomic mass is 35.5. The van der Waals surface area contributed by atoms with Crippen LogP contribution in [0, 0.1) is 0 Å². The summed E-state index contributed by atoms with van der Waals surface area (Å²) in [5.74, 6) is 1.60. The topological polar surface area (TPSA) is 35.0 Å². The summed E-state index contributed by atoms with van der Waals surface area (Å²) >= 11 is 5.96. The first-order chi connectivity index (χ1) is 9.13. The number of aromatic nitrogens is 2. The van der Waals surface area contributed by atoms with Gasteiger partial charge in [0.1, 0.15) is 11.0 Å². The first-order valence-electron chi connectivity index (χ1n) is 7.30. The highest BCUT2D eigenvalue weighted by Crippen LogP contribution is 2.18. The first kappa shape index (κ1) is 16.2. The van der Waals surface area contributed by atoms with E-state index in [1.54, 1.807) is 6.07 Å². The maximum Gasteiger partial charge on any atom is 0.218 e. The molecule has 0 aliphatic heterocycles. The molecule has 4 heteroatoms. The van der Waals surface area contributed by atoms with Gasteiger partial charge in [0.2, 0.25) is 5.88 Å². The Morgan fingerprint density at radius 1 is 1.11 bits per heavy atom. The maximum atomic E-state index is 5.96. The molecule has 0 N–H and O–H groups in total. The van der Waals surface area contributed by atoms with Crippen LogP contribution in [0.5, 0.6) is 5.88 Å². The smallest absolute Gasteiger partial charge is 0.218 e. The SMILES string of the molecule is CCCCCCCCOc1cc(Cl)nc(C(C)C)n1. The van der Waals surface area contributed by atoms with Gasteiger partial charge in [-0.2, -0.15) is 4.98 Å². The Labute approximate surface area is 121 Å². The minimum Gasteiger partial charge on any atom is -0.478 e. The van der Waals surface area contributed by atoms with Gasteiger partial charge in [0, 0.05) is 12.0 Å². The second-order valence-corrected chi connectivity index (χ2v) is 5.55. The third-order valence-electron chi connectivity index (χ3n) is 2.95. The van der Waals surface area contributed by atoms with Crippen molar-refractivity contribution < 1.29 is 4.74 Å². The Hall–Kier alpha value is -0.830. The lowest BCUT2D eigenvalue weighted by Gasteiger charge is -2.09. The van der Waals surface area contributed by atoms with Gasteiger partial charge in [-0.05, 0) is 6.42 Å². The number of hydrogen-bond donors (Lipinski definition) is 0. The molecule has 0 fully saturated rings. The molecule has 1 aromatic rings. The summed E-state index contributed by atoms with van der Waals surface area (Å²) in [5, 5.41) is 0.455. The fourth-order valence-corrected chi connectivity index (χ4v) is 1.98. The number of hydrogen-bond acceptors (Lipinski definition) is 3. The summed E-state index contributed by atoms with van der Waals surface area (Å²) in [5.41, 5.74) is 0. The lowest BCUT2D eigenvalue weighted by Crippen LogP contribution is -2.04. The predicted molar refractivity (Wildman–Crippen MR) is 80.0 cm³/mol. The Morgan fingerprint density at radius 2 is 1.79 bits per heavy atom. The number of rotatable bonds is 9. The molecule has 0 aromatic carbocycles. The molecule has 0 spiro atoms. The minimum atomic E-state index is 0.259. The molecule has 1 aromatic heterocycles. The fourth-order valence-electron chi connectivity index (χ4n) is 1.81. The van der Waals surface area contributed by atoms with E-state index < -0.39 is 0 Å². The summed E-state index contributed by atoms with van der Waals surface area (Å²) < 4.78 is 5.65. The van der Waals surface area contributed by atoms with Crippen LogP contribution in [0.25, 0.3) is 0 Å². The second kappa shape index (κ2) is 9.13. The average molecular weight is 285 g/mol. The van der Waals surface area contributed by atoms with E-state index in [0.717, 1.165) is 12.2 Å². The molecule has 19 heavy (non-hydrogen) atoms. The molecular formula is C15H25ClN2O. The van der Waals surface area contributed by atoms with Crippen molar-refractivity contribution in [1.82, 2.24) is 9.97 Å². The molecule has 0 amide bonds. The summed E-state index contributed by atoms with van der Waals surface area (Å²) in [6, 6.07) is 1.69. The monoisotopic (exact) mass is 284 g/mol. The van der Waals surface area contributed by atoms with Crippen molar-refractivity contribution in [3.8, 4) is 5.88 Å². The third kappa shape index (κ3) is 6.76. The summed E-state index contributed by atoms with van der Waals surface area (Å²) in [6.07, 6.45) is 7.53. The molecule has 0 saturated heterocycles. The summed E-state index contributed by atoms with van der Waals surface area (Å²) in [7, 11) is 0. The van der Waals surface area contributed by atoms with Crippen LogP contribution >= 0.6 is 11.6 Å². The van der Waals surface area contributed by atoms with Crippen molar-refractivity contribution in [2.75, 3.05) is 6.61 Å². The van der Waals surface area contributed by atoms with Gasteiger partial charge in [0.25, 0.3) is 0 Å². The zero-order chi connectivity index (χ0) is 14.1. The fraction of sp³-hybridized carbons (Fsp3) is 0.733. The van der Waals surface area contributed by atoms with Gasteiger partial charge in [0.15, 0.2) is 0 Å². The van der Waals surface area contributed by atoms with Crippen LogP contribution in [0.4, 0.5) is 0 Å². The van der Waals surface area contributed by atoms with Gasteiger partial charge in [-0.3, -0.25) is 0 Å². The van der Waals surface area contributed by atoms with E-state index in [1.165, 1.54) is 32.1 Å². The zero-order valence-corrected chi connectivity index (χ0v) is 13.0. The molecule has 1 heterocycles. The van der Waals surface area contributed by atoms with Crippen LogP contribution in [-0.4, -0.2) is 16.6 Å². The molecule has 0 saturated carbocycles. The first-order valence-corrected chi connectivity index (χ1v) is 7.68. The maximum absolute atomic E-state index is 5.96. The standard InChI is InChI=1S/C15H25ClN2O/c1-4-5-6-7-8-9-10-19-14-11-13(16)17-15(18-14)12(2)3/h11-12H,4-10H2,1-3H3. The molecule has 108 valence electrons. The quantitative estimate of drug-likeness (QED) is 0.473. The van der Waals surface area contributed by atoms with Gasteiger partial charge in [-0.1, -0.05) is 64.5 Å². The normalized spacial score (nSPS) is 11.0. The van der Waals surface area contributed by atoms with Crippen LogP contribution in [-0.2, 0) is 0 Å². The summed E-state index contributed by atoms with van der Waals surface area (Å²) in [4.78, 5) is 8.55. The molecule has 1 rings (SSSR count). The van der Waals surface area contributed by atoms with Crippen molar-refractivity contribution in [2.45, 2.75) is 65.2 Å². The lowest BCUT2D eigenvalue weighted by atomic mass is 10.1. The van der Waals surface area contributed by atoms with E-state index in [9.17, 15) is 0 Å². The van der Waals surface area contributed by atoms with Crippen molar-refractivity contribution in [1.29, 1.82) is 0 Å². The van der Waals surface area contributed by atoms with Crippen LogP contribution < -0.4 is 4.74 Å². The average Bonchev–Trinajstić information content (AvgIpc) is 2.37. The van der Waals surface area contributed by atoms with E-state index in [1.807, 2.05) is 13.8 Å². The molecule has 0 radical (unpaired) electrons. The number of ether oxygens (including phenoxy) is 1. The van der Waals surface area contributed by atoms with Crippen LogP contribution in [0.2, 0.25) is 5.15 Å². The van der Waals surface area contributed by atoms with E-state index in [0.29, 0.717) is 17.6 Å². The number of halogens is 1. The highest BCUT2D eigenvalue weighted by molar-refractivity contribution is 6.29. The van der Waals surface area contributed by atoms with E-state index in [4.69, 9.17) is 16.3 Å². The summed E-state index contributed by atoms with van der Waals surface area (Å²) in [6.45, 7) is 7.03. The molecule has 3 nitrogen and oxygen atoms in total. The van der Waals surface area contributed by atoms with Crippen LogP contribution in [0.1, 0.15) is 71.0 Å². The van der Waals surface area contributed by atoms with Crippen molar-refractivity contribution in [2.24, 2.45) is 0 Å². The molecule has 0 atom stereocenters. The Morgan fingerprint density at radius 3 is 2.47 bits per heavy atom. The van der Waals surface area contributed by atoms with E-state index >= 15 is 0 Å². The third-order valence-corrected chi connectivity index (χ3v) is 3.15. The van der Waals surface area contributed by atoms with E-state index in [2.05, 4.69) is 16.9 Å². The largest absolute Gasteiger partial charge is 0.478 e. The molecule has 0 bridgehead atoms. The van der Waals surface area contributed by atoms with Crippen molar-refractivity contribution in [3.05, 3.63) is 17.0 Å². The van der Waals surface area contributed by atoms with Crippen LogP contribution in [0.3, 0.4) is 0 Å². The van der Waals surface area contributed by atoms with Gasteiger partial charge >= 0.3 is 0 Å². The van der Waals surface area contributed by atoms with Crippen LogP contribution in [0.15, 0.2) is 6.07 Å². The van der Waals surface area contributed by atoms with Crippen molar-refractivity contribution in [3.63, 3.8) is 0 Å².